The van der Waals surface area contributed by atoms with Crippen LogP contribution in [0.15, 0.2) is 24.3 Å². The lowest BCUT2D eigenvalue weighted by Gasteiger charge is -2.38. The molecule has 1 aromatic rings. The summed E-state index contributed by atoms with van der Waals surface area (Å²) in [5.74, 6) is 0. The van der Waals surface area contributed by atoms with Crippen LogP contribution in [-0.2, 0) is 0 Å². The molecule has 1 unspecified atom stereocenters. The van der Waals surface area contributed by atoms with Gasteiger partial charge in [0.2, 0.25) is 0 Å². The zero-order chi connectivity index (χ0) is 13.8. The molecule has 0 saturated carbocycles. The molecule has 0 amide bonds. The maximum absolute atomic E-state index is 5.95. The Kier molecular flexibility index (Phi) is 4.81. The summed E-state index contributed by atoms with van der Waals surface area (Å²) >= 11 is 5.95. The van der Waals surface area contributed by atoms with E-state index in [-0.39, 0.29) is 0 Å². The summed E-state index contributed by atoms with van der Waals surface area (Å²) in [6.07, 6.45) is 4.08. The van der Waals surface area contributed by atoms with Crippen molar-refractivity contribution >= 4 is 17.3 Å². The quantitative estimate of drug-likeness (QED) is 0.924. The summed E-state index contributed by atoms with van der Waals surface area (Å²) in [5, 5.41) is 4.46. The summed E-state index contributed by atoms with van der Waals surface area (Å²) in [7, 11) is 0. The van der Waals surface area contributed by atoms with E-state index in [9.17, 15) is 0 Å². The first-order valence-corrected chi connectivity index (χ1v) is 8.15. The van der Waals surface area contributed by atoms with E-state index in [4.69, 9.17) is 11.6 Å². The van der Waals surface area contributed by atoms with Gasteiger partial charge in [0.05, 0.1) is 0 Å². The third-order valence-electron chi connectivity index (χ3n) is 4.46. The van der Waals surface area contributed by atoms with Crippen molar-refractivity contribution in [2.24, 2.45) is 0 Å². The van der Waals surface area contributed by atoms with Crippen molar-refractivity contribution in [1.29, 1.82) is 0 Å². The van der Waals surface area contributed by atoms with Gasteiger partial charge in [-0.05, 0) is 43.7 Å². The predicted octanol–water partition coefficient (Wildman–Crippen LogP) is 2.60. The molecule has 0 bridgehead atoms. The first-order valence-electron chi connectivity index (χ1n) is 7.77. The molecular formula is C16H24ClN3. The van der Waals surface area contributed by atoms with Gasteiger partial charge in [0.15, 0.2) is 0 Å². The number of nitrogens with zero attached hydrogens (tertiary/aromatic N) is 2. The first kappa shape index (κ1) is 14.2. The van der Waals surface area contributed by atoms with E-state index < -0.39 is 0 Å². The second-order valence-corrected chi connectivity index (χ2v) is 6.35. The fourth-order valence-corrected chi connectivity index (χ4v) is 3.36. The number of piperazine rings is 1. The van der Waals surface area contributed by atoms with Crippen molar-refractivity contribution in [3.8, 4) is 0 Å². The van der Waals surface area contributed by atoms with Crippen LogP contribution in [0.1, 0.15) is 19.3 Å². The second-order valence-electron chi connectivity index (χ2n) is 5.91. The average Bonchev–Trinajstić information content (AvgIpc) is 2.50. The maximum atomic E-state index is 5.95. The van der Waals surface area contributed by atoms with Crippen LogP contribution in [0, 0.1) is 0 Å². The minimum absolute atomic E-state index is 0.714. The fraction of sp³-hybridized carbons (Fsp3) is 0.625. The highest BCUT2D eigenvalue weighted by Gasteiger charge is 2.21. The summed E-state index contributed by atoms with van der Waals surface area (Å²) in [6, 6.07) is 8.93. The van der Waals surface area contributed by atoms with Crippen molar-refractivity contribution in [2.75, 3.05) is 44.2 Å². The minimum atomic E-state index is 0.714. The number of rotatable bonds is 3. The lowest BCUT2D eigenvalue weighted by Crippen LogP contribution is -2.51. The van der Waals surface area contributed by atoms with E-state index in [2.05, 4.69) is 27.2 Å². The van der Waals surface area contributed by atoms with Crippen LogP contribution in [0.4, 0.5) is 5.69 Å². The minimum Gasteiger partial charge on any atom is -0.369 e. The summed E-state index contributed by atoms with van der Waals surface area (Å²) < 4.78 is 0. The molecule has 1 N–H and O–H groups in total. The SMILES string of the molecule is Clc1ccc(N2CCN(CC3CCCCN3)CC2)cc1. The molecule has 2 aliphatic rings. The zero-order valence-electron chi connectivity index (χ0n) is 12.0. The molecule has 2 heterocycles. The molecule has 0 aliphatic carbocycles. The molecule has 1 aromatic carbocycles. The summed E-state index contributed by atoms with van der Waals surface area (Å²) in [6.45, 7) is 6.99. The average molecular weight is 294 g/mol. The van der Waals surface area contributed by atoms with Crippen LogP contribution in [0.2, 0.25) is 5.02 Å². The Balaban J connectivity index is 1.47. The number of anilines is 1. The molecule has 0 spiro atoms. The Labute approximate surface area is 126 Å². The van der Waals surface area contributed by atoms with Crippen molar-refractivity contribution in [2.45, 2.75) is 25.3 Å². The number of benzene rings is 1. The van der Waals surface area contributed by atoms with Crippen LogP contribution in [0.3, 0.4) is 0 Å². The van der Waals surface area contributed by atoms with Crippen molar-refractivity contribution < 1.29 is 0 Å². The smallest absolute Gasteiger partial charge is 0.0407 e. The molecule has 0 radical (unpaired) electrons. The maximum Gasteiger partial charge on any atom is 0.0407 e. The van der Waals surface area contributed by atoms with Crippen LogP contribution >= 0.6 is 11.6 Å². The van der Waals surface area contributed by atoms with Gasteiger partial charge in [-0.3, -0.25) is 4.90 Å². The molecule has 0 aromatic heterocycles. The van der Waals surface area contributed by atoms with Crippen LogP contribution in [0.25, 0.3) is 0 Å². The van der Waals surface area contributed by atoms with Gasteiger partial charge in [0.1, 0.15) is 0 Å². The molecule has 3 rings (SSSR count). The third-order valence-corrected chi connectivity index (χ3v) is 4.71. The molecule has 2 aliphatic heterocycles. The fourth-order valence-electron chi connectivity index (χ4n) is 3.23. The largest absolute Gasteiger partial charge is 0.369 e. The Morgan fingerprint density at radius 1 is 1.05 bits per heavy atom. The van der Waals surface area contributed by atoms with Crippen LogP contribution < -0.4 is 10.2 Å². The Hall–Kier alpha value is -0.770. The van der Waals surface area contributed by atoms with Gasteiger partial charge >= 0.3 is 0 Å². The monoisotopic (exact) mass is 293 g/mol. The Morgan fingerprint density at radius 2 is 1.80 bits per heavy atom. The van der Waals surface area contributed by atoms with Crippen LogP contribution in [0.5, 0.6) is 0 Å². The molecule has 2 fully saturated rings. The van der Waals surface area contributed by atoms with Gasteiger partial charge in [-0.2, -0.15) is 0 Å². The first-order chi connectivity index (χ1) is 9.81. The van der Waals surface area contributed by atoms with Gasteiger partial charge < -0.3 is 10.2 Å². The molecule has 20 heavy (non-hydrogen) atoms. The van der Waals surface area contributed by atoms with Crippen molar-refractivity contribution in [3.05, 3.63) is 29.3 Å². The topological polar surface area (TPSA) is 18.5 Å². The molecule has 110 valence electrons. The lowest BCUT2D eigenvalue weighted by molar-refractivity contribution is 0.214. The standard InChI is InChI=1S/C16H24ClN3/c17-14-4-6-16(7-5-14)20-11-9-19(10-12-20)13-15-3-1-2-8-18-15/h4-7,15,18H,1-3,8-13H2. The van der Waals surface area contributed by atoms with E-state index in [1.54, 1.807) is 0 Å². The normalized spacial score (nSPS) is 24.9. The molecular weight excluding hydrogens is 270 g/mol. The zero-order valence-corrected chi connectivity index (χ0v) is 12.8. The van der Waals surface area contributed by atoms with E-state index in [0.29, 0.717) is 6.04 Å². The Bertz CT molecular complexity index is 406. The van der Waals surface area contributed by atoms with E-state index in [1.807, 2.05) is 12.1 Å². The Morgan fingerprint density at radius 3 is 2.45 bits per heavy atom. The summed E-state index contributed by atoms with van der Waals surface area (Å²) in [5.41, 5.74) is 1.30. The number of hydrogen-bond donors (Lipinski definition) is 1. The predicted molar refractivity (Wildman–Crippen MR) is 85.7 cm³/mol. The third kappa shape index (κ3) is 3.66. The van der Waals surface area contributed by atoms with Gasteiger partial charge in [-0.25, -0.2) is 0 Å². The molecule has 3 nitrogen and oxygen atoms in total. The highest BCUT2D eigenvalue weighted by molar-refractivity contribution is 6.30. The van der Waals surface area contributed by atoms with E-state index in [0.717, 1.165) is 18.1 Å². The number of nitrogens with one attached hydrogen (secondary N) is 1. The summed E-state index contributed by atoms with van der Waals surface area (Å²) in [4.78, 5) is 5.07. The van der Waals surface area contributed by atoms with E-state index >= 15 is 0 Å². The van der Waals surface area contributed by atoms with Gasteiger partial charge in [0, 0.05) is 49.5 Å². The number of piperidine rings is 1. The lowest BCUT2D eigenvalue weighted by atomic mass is 10.0. The second kappa shape index (κ2) is 6.79. The van der Waals surface area contributed by atoms with Gasteiger partial charge in [-0.1, -0.05) is 18.0 Å². The van der Waals surface area contributed by atoms with Crippen molar-refractivity contribution in [1.82, 2.24) is 10.2 Å². The number of halogens is 1. The highest BCUT2D eigenvalue weighted by atomic mass is 35.5. The highest BCUT2D eigenvalue weighted by Crippen LogP contribution is 2.19. The van der Waals surface area contributed by atoms with Gasteiger partial charge in [-0.15, -0.1) is 0 Å². The van der Waals surface area contributed by atoms with Crippen molar-refractivity contribution in [3.63, 3.8) is 0 Å². The molecule has 1 atom stereocenters. The van der Waals surface area contributed by atoms with Gasteiger partial charge in [0.25, 0.3) is 0 Å². The van der Waals surface area contributed by atoms with E-state index in [1.165, 1.54) is 51.1 Å². The molecule has 2 saturated heterocycles. The molecule has 4 heteroatoms. The number of hydrogen-bond acceptors (Lipinski definition) is 3. The van der Waals surface area contributed by atoms with Crippen LogP contribution in [-0.4, -0.2) is 50.2 Å².